The first kappa shape index (κ1) is 26.6. The summed E-state index contributed by atoms with van der Waals surface area (Å²) < 4.78 is 17.1. The Hall–Kier alpha value is -3.43. The molecule has 192 valence electrons. The molecule has 4 rings (SSSR count). The van der Waals surface area contributed by atoms with Gasteiger partial charge in [-0.3, -0.25) is 14.5 Å². The third-order valence-corrected chi connectivity index (χ3v) is 7.02. The van der Waals surface area contributed by atoms with Crippen LogP contribution >= 0.6 is 24.0 Å². The lowest BCUT2D eigenvalue weighted by Gasteiger charge is -2.13. The monoisotopic (exact) mass is 536 g/mol. The van der Waals surface area contributed by atoms with Crippen LogP contribution < -0.4 is 4.74 Å². The van der Waals surface area contributed by atoms with Crippen molar-refractivity contribution in [3.8, 4) is 17.2 Å². The molecule has 0 aliphatic carbocycles. The molecule has 0 unspecified atom stereocenters. The Bertz CT molecular complexity index is 1290. The van der Waals surface area contributed by atoms with Gasteiger partial charge in [-0.2, -0.15) is 0 Å². The van der Waals surface area contributed by atoms with Crippen molar-refractivity contribution >= 4 is 46.3 Å². The van der Waals surface area contributed by atoms with Gasteiger partial charge in [0.25, 0.3) is 5.91 Å². The van der Waals surface area contributed by atoms with Gasteiger partial charge < -0.3 is 13.9 Å². The van der Waals surface area contributed by atoms with E-state index >= 15 is 0 Å². The smallest absolute Gasteiger partial charge is 0.305 e. The third kappa shape index (κ3) is 7.08. The fourth-order valence-corrected chi connectivity index (χ4v) is 5.06. The zero-order chi connectivity index (χ0) is 26.2. The van der Waals surface area contributed by atoms with Crippen molar-refractivity contribution in [2.75, 3.05) is 19.8 Å². The molecular formula is C28H28N2O5S2. The highest BCUT2D eigenvalue weighted by Crippen LogP contribution is 2.33. The number of aromatic nitrogens is 1. The van der Waals surface area contributed by atoms with Crippen LogP contribution in [0.15, 0.2) is 63.9 Å². The molecule has 37 heavy (non-hydrogen) atoms. The SMILES string of the molecule is CCOC(=O)CCCN1C(=O)C(=Cc2ccc(OCCc3nc(-c4ccccc4)oc3C)cc2)SC1=S. The number of oxazole rings is 1. The van der Waals surface area contributed by atoms with Gasteiger partial charge in [0, 0.05) is 24.9 Å². The molecule has 3 aromatic rings. The fraction of sp³-hybridized carbons (Fsp3) is 0.286. The van der Waals surface area contributed by atoms with Crippen LogP contribution in [0.2, 0.25) is 0 Å². The number of aryl methyl sites for hydroxylation is 1. The number of ether oxygens (including phenoxy) is 2. The van der Waals surface area contributed by atoms with Crippen molar-refractivity contribution in [2.45, 2.75) is 33.1 Å². The van der Waals surface area contributed by atoms with E-state index in [1.165, 1.54) is 16.7 Å². The van der Waals surface area contributed by atoms with Crippen LogP contribution in [0.1, 0.15) is 36.8 Å². The van der Waals surface area contributed by atoms with E-state index in [2.05, 4.69) is 4.98 Å². The van der Waals surface area contributed by atoms with E-state index in [0.29, 0.717) is 47.7 Å². The van der Waals surface area contributed by atoms with E-state index in [9.17, 15) is 9.59 Å². The molecule has 9 heteroatoms. The summed E-state index contributed by atoms with van der Waals surface area (Å²) in [4.78, 5) is 31.0. The maximum absolute atomic E-state index is 12.8. The van der Waals surface area contributed by atoms with E-state index in [0.717, 1.165) is 28.3 Å². The Morgan fingerprint density at radius 1 is 1.16 bits per heavy atom. The maximum Gasteiger partial charge on any atom is 0.305 e. The van der Waals surface area contributed by atoms with Crippen LogP contribution in [-0.4, -0.2) is 45.8 Å². The number of amides is 1. The van der Waals surface area contributed by atoms with Crippen molar-refractivity contribution in [1.82, 2.24) is 9.88 Å². The molecule has 1 aromatic heterocycles. The number of nitrogens with zero attached hydrogens (tertiary/aromatic N) is 2. The molecule has 2 heterocycles. The van der Waals surface area contributed by atoms with E-state index in [-0.39, 0.29) is 18.3 Å². The van der Waals surface area contributed by atoms with E-state index in [4.69, 9.17) is 26.1 Å². The summed E-state index contributed by atoms with van der Waals surface area (Å²) in [7, 11) is 0. The molecule has 1 fully saturated rings. The van der Waals surface area contributed by atoms with Crippen LogP contribution in [0, 0.1) is 6.92 Å². The highest BCUT2D eigenvalue weighted by molar-refractivity contribution is 8.26. The highest BCUT2D eigenvalue weighted by Gasteiger charge is 2.31. The summed E-state index contributed by atoms with van der Waals surface area (Å²) >= 11 is 6.64. The van der Waals surface area contributed by atoms with Crippen molar-refractivity contribution in [3.05, 3.63) is 76.5 Å². The van der Waals surface area contributed by atoms with Gasteiger partial charge in [0.15, 0.2) is 0 Å². The molecule has 0 atom stereocenters. The minimum atomic E-state index is -0.265. The molecule has 1 saturated heterocycles. The fourth-order valence-electron chi connectivity index (χ4n) is 3.75. The third-order valence-electron chi connectivity index (χ3n) is 5.64. The van der Waals surface area contributed by atoms with Gasteiger partial charge >= 0.3 is 5.97 Å². The minimum absolute atomic E-state index is 0.142. The first-order valence-electron chi connectivity index (χ1n) is 12.1. The molecule has 1 aliphatic rings. The van der Waals surface area contributed by atoms with Gasteiger partial charge in [-0.25, -0.2) is 4.98 Å². The molecule has 2 aromatic carbocycles. The summed E-state index contributed by atoms with van der Waals surface area (Å²) in [6, 6.07) is 17.4. The second-order valence-corrected chi connectivity index (χ2v) is 9.97. The van der Waals surface area contributed by atoms with Crippen LogP contribution in [-0.2, 0) is 20.7 Å². The predicted octanol–water partition coefficient (Wildman–Crippen LogP) is 5.82. The lowest BCUT2D eigenvalue weighted by atomic mass is 10.2. The molecule has 7 nitrogen and oxygen atoms in total. The van der Waals surface area contributed by atoms with Crippen molar-refractivity contribution in [2.24, 2.45) is 0 Å². The normalized spacial score (nSPS) is 14.4. The average molecular weight is 537 g/mol. The van der Waals surface area contributed by atoms with Crippen molar-refractivity contribution < 1.29 is 23.5 Å². The van der Waals surface area contributed by atoms with Crippen LogP contribution in [0.25, 0.3) is 17.5 Å². The number of esters is 1. The van der Waals surface area contributed by atoms with Gasteiger partial charge in [-0.05, 0) is 56.2 Å². The van der Waals surface area contributed by atoms with Crippen LogP contribution in [0.5, 0.6) is 5.75 Å². The van der Waals surface area contributed by atoms with Gasteiger partial charge in [0.1, 0.15) is 15.8 Å². The second-order valence-electron chi connectivity index (χ2n) is 8.30. The quantitative estimate of drug-likeness (QED) is 0.172. The summed E-state index contributed by atoms with van der Waals surface area (Å²) in [5.74, 6) is 1.72. The average Bonchev–Trinajstić information content (AvgIpc) is 3.39. The standard InChI is InChI=1S/C28H28N2O5S2/c1-3-33-25(31)10-7-16-30-27(32)24(37-28(30)36)18-20-11-13-22(14-12-20)34-17-15-23-19(2)35-26(29-23)21-8-5-4-6-9-21/h4-6,8-9,11-14,18H,3,7,10,15-17H2,1-2H3. The number of thioether (sulfide) groups is 1. The number of hydrogen-bond donors (Lipinski definition) is 0. The Kier molecular flexibility index (Phi) is 9.14. The number of rotatable bonds is 11. The summed E-state index contributed by atoms with van der Waals surface area (Å²) in [5, 5.41) is 0. The molecular weight excluding hydrogens is 508 g/mol. The molecule has 0 bridgehead atoms. The number of carbonyl (C=O) groups excluding carboxylic acids is 2. The first-order chi connectivity index (χ1) is 17.9. The lowest BCUT2D eigenvalue weighted by Crippen LogP contribution is -2.29. The minimum Gasteiger partial charge on any atom is -0.493 e. The van der Waals surface area contributed by atoms with Crippen LogP contribution in [0.3, 0.4) is 0 Å². The van der Waals surface area contributed by atoms with E-state index < -0.39 is 0 Å². The van der Waals surface area contributed by atoms with Crippen molar-refractivity contribution in [3.63, 3.8) is 0 Å². The molecule has 1 aliphatic heterocycles. The number of benzene rings is 2. The van der Waals surface area contributed by atoms with Crippen LogP contribution in [0.4, 0.5) is 0 Å². The summed E-state index contributed by atoms with van der Waals surface area (Å²) in [6.45, 7) is 4.89. The topological polar surface area (TPSA) is 81.9 Å². The largest absolute Gasteiger partial charge is 0.493 e. The zero-order valence-corrected chi connectivity index (χ0v) is 22.4. The Labute approximate surface area is 225 Å². The van der Waals surface area contributed by atoms with E-state index in [1.807, 2.05) is 67.6 Å². The van der Waals surface area contributed by atoms with E-state index in [1.54, 1.807) is 6.92 Å². The van der Waals surface area contributed by atoms with Gasteiger partial charge in [-0.15, -0.1) is 0 Å². The van der Waals surface area contributed by atoms with Gasteiger partial charge in [0.05, 0.1) is 23.8 Å². The molecule has 0 saturated carbocycles. The molecule has 1 amide bonds. The van der Waals surface area contributed by atoms with Gasteiger partial charge in [0.2, 0.25) is 5.89 Å². The molecule has 0 N–H and O–H groups in total. The Balaban J connectivity index is 1.28. The first-order valence-corrected chi connectivity index (χ1v) is 13.3. The number of hydrogen-bond acceptors (Lipinski definition) is 8. The Morgan fingerprint density at radius 3 is 2.65 bits per heavy atom. The maximum atomic E-state index is 12.8. The summed E-state index contributed by atoms with van der Waals surface area (Å²) in [6.07, 6.45) is 3.21. The second kappa shape index (κ2) is 12.7. The number of thiocarbonyl (C=S) groups is 1. The number of carbonyl (C=O) groups is 2. The Morgan fingerprint density at radius 2 is 1.92 bits per heavy atom. The predicted molar refractivity (Wildman–Crippen MR) is 148 cm³/mol. The lowest BCUT2D eigenvalue weighted by molar-refractivity contribution is -0.143. The molecule has 0 radical (unpaired) electrons. The highest BCUT2D eigenvalue weighted by atomic mass is 32.2. The molecule has 0 spiro atoms. The van der Waals surface area contributed by atoms with Crippen molar-refractivity contribution in [1.29, 1.82) is 0 Å². The van der Waals surface area contributed by atoms with Gasteiger partial charge in [-0.1, -0.05) is 54.3 Å². The summed E-state index contributed by atoms with van der Waals surface area (Å²) in [5.41, 5.74) is 2.70. The zero-order valence-electron chi connectivity index (χ0n) is 20.8.